The first-order valence-corrected chi connectivity index (χ1v) is 16.4. The Morgan fingerprint density at radius 3 is 2.38 bits per heavy atom. The first-order chi connectivity index (χ1) is 21.2. The number of carbonyl (C=O) groups excluding carboxylic acids is 1. The molecule has 1 aliphatic heterocycles. The average molecular weight is 656 g/mol. The van der Waals surface area contributed by atoms with E-state index in [1.54, 1.807) is 17.7 Å². The predicted octanol–water partition coefficient (Wildman–Crippen LogP) is 2.59. The molecule has 45 heavy (non-hydrogen) atoms. The standard InChI is InChI=1S/C29H34ClN9O5S/c1-16-13-19(18(3)32-21-7-8-22(30)33-25(21)26(40)36-45(6,42)43)24-20(14-16)27(41)37(4)29(35-24)39-11-9-38(10-12-39)23-15-17(2)31-28(34-23)44-5/h7-8,13-15,18,32H,9-12H2,1-6H3,(H,36,40)/t18-/m1/s1. The van der Waals surface area contributed by atoms with Gasteiger partial charge in [0.2, 0.25) is 16.0 Å². The fourth-order valence-electron chi connectivity index (χ4n) is 5.32. The van der Waals surface area contributed by atoms with Crippen LogP contribution in [0.2, 0.25) is 5.15 Å². The van der Waals surface area contributed by atoms with Crippen LogP contribution < -0.4 is 30.1 Å². The molecule has 5 rings (SSSR count). The maximum Gasteiger partial charge on any atom is 0.318 e. The van der Waals surface area contributed by atoms with E-state index in [4.69, 9.17) is 21.3 Å². The zero-order chi connectivity index (χ0) is 32.6. The number of aryl methyl sites for hydroxylation is 2. The number of aromatic nitrogens is 5. The predicted molar refractivity (Wildman–Crippen MR) is 173 cm³/mol. The lowest BCUT2D eigenvalue weighted by Crippen LogP contribution is -2.48. The number of carbonyl (C=O) groups is 1. The molecule has 0 bridgehead atoms. The highest BCUT2D eigenvalue weighted by Gasteiger charge is 2.25. The highest BCUT2D eigenvalue weighted by Crippen LogP contribution is 2.29. The fourth-order valence-corrected chi connectivity index (χ4v) is 5.90. The SMILES string of the molecule is COc1nc(C)cc(N2CCN(c3nc4c([C@@H](C)Nc5ccc(Cl)nc5C(=O)NS(C)(=O)=O)cc(C)cc4c(=O)n3C)CC2)n1. The van der Waals surface area contributed by atoms with E-state index < -0.39 is 22.0 Å². The van der Waals surface area contributed by atoms with Gasteiger partial charge in [-0.15, -0.1) is 0 Å². The summed E-state index contributed by atoms with van der Waals surface area (Å²) < 4.78 is 32.2. The summed E-state index contributed by atoms with van der Waals surface area (Å²) in [5.74, 6) is 0.383. The van der Waals surface area contributed by atoms with Gasteiger partial charge < -0.3 is 19.9 Å². The van der Waals surface area contributed by atoms with Crippen LogP contribution in [0.5, 0.6) is 6.01 Å². The summed E-state index contributed by atoms with van der Waals surface area (Å²) in [5, 5.41) is 3.72. The number of ether oxygens (including phenoxy) is 1. The lowest BCUT2D eigenvalue weighted by molar-refractivity contribution is 0.0977. The van der Waals surface area contributed by atoms with Crippen molar-refractivity contribution in [2.45, 2.75) is 26.8 Å². The minimum atomic E-state index is -3.84. The average Bonchev–Trinajstić information content (AvgIpc) is 2.98. The van der Waals surface area contributed by atoms with Crippen molar-refractivity contribution < 1.29 is 17.9 Å². The van der Waals surface area contributed by atoms with E-state index >= 15 is 0 Å². The molecule has 1 aliphatic rings. The van der Waals surface area contributed by atoms with Crippen LogP contribution in [0.3, 0.4) is 0 Å². The second-order valence-corrected chi connectivity index (χ2v) is 13.1. The molecule has 1 amide bonds. The monoisotopic (exact) mass is 655 g/mol. The van der Waals surface area contributed by atoms with Crippen molar-refractivity contribution in [3.8, 4) is 6.01 Å². The normalized spacial score (nSPS) is 14.4. The number of fused-ring (bicyclic) bond motifs is 1. The highest BCUT2D eigenvalue weighted by atomic mass is 35.5. The van der Waals surface area contributed by atoms with E-state index in [2.05, 4.69) is 30.1 Å². The van der Waals surface area contributed by atoms with Crippen LogP contribution in [0.25, 0.3) is 10.9 Å². The second kappa shape index (κ2) is 12.5. The van der Waals surface area contributed by atoms with Crippen LogP contribution in [0.4, 0.5) is 17.5 Å². The number of hydrogen-bond donors (Lipinski definition) is 2. The molecule has 0 saturated carbocycles. The Hall–Kier alpha value is -4.50. The van der Waals surface area contributed by atoms with Crippen LogP contribution in [0, 0.1) is 13.8 Å². The van der Waals surface area contributed by atoms with Crippen LogP contribution in [-0.2, 0) is 17.1 Å². The largest absolute Gasteiger partial charge is 0.467 e. The lowest BCUT2D eigenvalue weighted by Gasteiger charge is -2.36. The van der Waals surface area contributed by atoms with E-state index in [0.717, 1.165) is 28.9 Å². The topological polar surface area (TPSA) is 165 Å². The van der Waals surface area contributed by atoms with Gasteiger partial charge in [0.05, 0.1) is 36.0 Å². The number of piperazine rings is 1. The Morgan fingerprint density at radius 1 is 1.02 bits per heavy atom. The Labute approximate surface area is 265 Å². The number of nitrogens with zero attached hydrogens (tertiary/aromatic N) is 7. The fraction of sp³-hybridized carbons (Fsp3) is 0.379. The molecule has 238 valence electrons. The van der Waals surface area contributed by atoms with Gasteiger partial charge >= 0.3 is 6.01 Å². The molecule has 1 fully saturated rings. The first kappa shape index (κ1) is 31.9. The first-order valence-electron chi connectivity index (χ1n) is 14.1. The summed E-state index contributed by atoms with van der Waals surface area (Å²) in [6, 6.07) is 8.54. The number of nitrogens with one attached hydrogen (secondary N) is 2. The maximum absolute atomic E-state index is 13.7. The third kappa shape index (κ3) is 6.93. The van der Waals surface area contributed by atoms with Crippen LogP contribution in [-0.4, -0.2) is 78.4 Å². The van der Waals surface area contributed by atoms with Gasteiger partial charge in [0.15, 0.2) is 5.69 Å². The summed E-state index contributed by atoms with van der Waals surface area (Å²) in [6.07, 6.45) is 0.877. The van der Waals surface area contributed by atoms with E-state index in [0.29, 0.717) is 49.0 Å². The minimum absolute atomic E-state index is 0.0248. The number of amides is 1. The molecule has 0 unspecified atom stereocenters. The Morgan fingerprint density at radius 2 is 1.71 bits per heavy atom. The Kier molecular flexibility index (Phi) is 8.85. The van der Waals surface area contributed by atoms with Gasteiger partial charge in [0.1, 0.15) is 11.0 Å². The van der Waals surface area contributed by atoms with Crippen LogP contribution in [0.15, 0.2) is 35.1 Å². The molecule has 14 nitrogen and oxygen atoms in total. The van der Waals surface area contributed by atoms with Gasteiger partial charge in [-0.1, -0.05) is 17.7 Å². The number of hydrogen-bond acceptors (Lipinski definition) is 12. The number of pyridine rings is 1. The van der Waals surface area contributed by atoms with Crippen molar-refractivity contribution in [2.75, 3.05) is 54.7 Å². The minimum Gasteiger partial charge on any atom is -0.467 e. The molecule has 16 heteroatoms. The molecule has 4 heterocycles. The number of benzene rings is 1. The number of methoxy groups -OCH3 is 1. The molecule has 4 aromatic rings. The van der Waals surface area contributed by atoms with E-state index in [-0.39, 0.29) is 22.1 Å². The quantitative estimate of drug-likeness (QED) is 0.267. The summed E-state index contributed by atoms with van der Waals surface area (Å²) in [7, 11) is -0.592. The summed E-state index contributed by atoms with van der Waals surface area (Å²) in [5.41, 5.74) is 2.78. The van der Waals surface area contributed by atoms with Crippen LogP contribution in [0.1, 0.15) is 40.3 Å². The molecule has 0 aliphatic carbocycles. The molecule has 1 saturated heterocycles. The lowest BCUT2D eigenvalue weighted by atomic mass is 10.0. The number of sulfonamides is 1. The zero-order valence-corrected chi connectivity index (χ0v) is 27.3. The van der Waals surface area contributed by atoms with Gasteiger partial charge in [0, 0.05) is 50.6 Å². The van der Waals surface area contributed by atoms with Crippen LogP contribution >= 0.6 is 11.6 Å². The molecule has 0 radical (unpaired) electrons. The van der Waals surface area contributed by atoms with Gasteiger partial charge in [-0.3, -0.25) is 14.2 Å². The third-order valence-electron chi connectivity index (χ3n) is 7.41. The van der Waals surface area contributed by atoms with Crippen molar-refractivity contribution >= 4 is 55.9 Å². The number of rotatable bonds is 8. The van der Waals surface area contributed by atoms with E-state index in [1.807, 2.05) is 43.7 Å². The van der Waals surface area contributed by atoms with Crippen molar-refractivity contribution in [1.29, 1.82) is 0 Å². The van der Waals surface area contributed by atoms with Gasteiger partial charge in [0.25, 0.3) is 11.5 Å². The highest BCUT2D eigenvalue weighted by molar-refractivity contribution is 7.89. The second-order valence-electron chi connectivity index (χ2n) is 11.0. The molecule has 0 spiro atoms. The van der Waals surface area contributed by atoms with Crippen molar-refractivity contribution in [3.05, 3.63) is 68.4 Å². The maximum atomic E-state index is 13.7. The van der Waals surface area contributed by atoms with E-state index in [1.165, 1.54) is 13.2 Å². The van der Waals surface area contributed by atoms with E-state index in [9.17, 15) is 18.0 Å². The van der Waals surface area contributed by atoms with Gasteiger partial charge in [-0.2, -0.15) is 4.98 Å². The Balaban J connectivity index is 1.47. The molecular weight excluding hydrogens is 622 g/mol. The summed E-state index contributed by atoms with van der Waals surface area (Å²) >= 11 is 6.04. The van der Waals surface area contributed by atoms with Crippen molar-refractivity contribution in [1.82, 2.24) is 29.2 Å². The van der Waals surface area contributed by atoms with Gasteiger partial charge in [-0.25, -0.2) is 28.1 Å². The summed E-state index contributed by atoms with van der Waals surface area (Å²) in [6.45, 7) is 8.13. The molecular formula is C29H34ClN9O5S. The molecule has 2 N–H and O–H groups in total. The molecule has 1 atom stereocenters. The Bertz CT molecular complexity index is 1960. The molecule has 1 aromatic carbocycles. The van der Waals surface area contributed by atoms with Gasteiger partial charge in [-0.05, 0) is 44.5 Å². The third-order valence-corrected chi connectivity index (χ3v) is 8.18. The smallest absolute Gasteiger partial charge is 0.318 e. The molecule has 3 aromatic heterocycles. The van der Waals surface area contributed by atoms with Crippen molar-refractivity contribution in [2.24, 2.45) is 7.05 Å². The zero-order valence-electron chi connectivity index (χ0n) is 25.8. The number of anilines is 3. The summed E-state index contributed by atoms with van der Waals surface area (Å²) in [4.78, 5) is 48.5. The number of halogens is 1. The van der Waals surface area contributed by atoms with Crippen molar-refractivity contribution in [3.63, 3.8) is 0 Å².